The van der Waals surface area contributed by atoms with Gasteiger partial charge in [-0.1, -0.05) is 6.42 Å². The molecule has 6 heteroatoms. The van der Waals surface area contributed by atoms with Crippen LogP contribution >= 0.6 is 11.8 Å². The fourth-order valence-electron chi connectivity index (χ4n) is 4.58. The van der Waals surface area contributed by atoms with Crippen LogP contribution in [0.2, 0.25) is 0 Å². The highest BCUT2D eigenvalue weighted by molar-refractivity contribution is 8.00. The van der Waals surface area contributed by atoms with Crippen molar-refractivity contribution in [1.29, 1.82) is 0 Å². The second-order valence-electron chi connectivity index (χ2n) is 6.44. The molecule has 0 aromatic carbocycles. The van der Waals surface area contributed by atoms with Gasteiger partial charge in [0.2, 0.25) is 0 Å². The van der Waals surface area contributed by atoms with Gasteiger partial charge in [-0.15, -0.1) is 0 Å². The van der Waals surface area contributed by atoms with Crippen LogP contribution in [-0.2, 0) is 9.84 Å². The summed E-state index contributed by atoms with van der Waals surface area (Å²) in [6.45, 7) is 1.49. The number of hydrogen-bond donors (Lipinski definition) is 1. The molecular formula is C13H24N2O2S2. The lowest BCUT2D eigenvalue weighted by Crippen LogP contribution is -2.64. The highest BCUT2D eigenvalue weighted by Crippen LogP contribution is 2.54. The molecule has 2 N–H and O–H groups in total. The molecular weight excluding hydrogens is 280 g/mol. The Labute approximate surface area is 120 Å². The molecule has 3 aliphatic rings. The second kappa shape index (κ2) is 4.90. The average Bonchev–Trinajstić information content (AvgIpc) is 2.98. The molecule has 0 aromatic rings. The van der Waals surface area contributed by atoms with Gasteiger partial charge in [0.25, 0.3) is 0 Å². The Kier molecular flexibility index (Phi) is 3.65. The van der Waals surface area contributed by atoms with E-state index in [-0.39, 0.29) is 10.9 Å². The summed E-state index contributed by atoms with van der Waals surface area (Å²) >= 11 is 1.76. The summed E-state index contributed by atoms with van der Waals surface area (Å²) in [4.78, 5) is 2.28. The Morgan fingerprint density at radius 2 is 2.21 bits per heavy atom. The Morgan fingerprint density at radius 1 is 1.42 bits per heavy atom. The van der Waals surface area contributed by atoms with E-state index < -0.39 is 9.84 Å². The molecule has 4 unspecified atom stereocenters. The quantitative estimate of drug-likeness (QED) is 0.840. The summed E-state index contributed by atoms with van der Waals surface area (Å²) < 4.78 is 24.2. The minimum absolute atomic E-state index is 0.0301. The van der Waals surface area contributed by atoms with Gasteiger partial charge in [-0.2, -0.15) is 11.8 Å². The molecule has 4 atom stereocenters. The lowest BCUT2D eigenvalue weighted by atomic mass is 9.79. The number of thioether (sulfide) groups is 1. The lowest BCUT2D eigenvalue weighted by Gasteiger charge is -2.51. The van der Waals surface area contributed by atoms with Crippen LogP contribution in [0, 0.1) is 11.8 Å². The first-order chi connectivity index (χ1) is 8.97. The monoisotopic (exact) mass is 304 g/mol. The van der Waals surface area contributed by atoms with Crippen LogP contribution in [-0.4, -0.2) is 55.1 Å². The molecule has 0 spiro atoms. The molecule has 3 rings (SSSR count). The zero-order valence-corrected chi connectivity index (χ0v) is 13.2. The average molecular weight is 304 g/mol. The maximum Gasteiger partial charge on any atom is 0.164 e. The fraction of sp³-hybridized carbons (Fsp3) is 1.00. The number of nitrogens with two attached hydrogens (primary N) is 1. The third kappa shape index (κ3) is 2.24. The molecule has 1 heterocycles. The highest BCUT2D eigenvalue weighted by Gasteiger charge is 2.56. The summed E-state index contributed by atoms with van der Waals surface area (Å²) in [5.41, 5.74) is 6.12. The van der Waals surface area contributed by atoms with Crippen molar-refractivity contribution in [1.82, 2.24) is 4.90 Å². The minimum atomic E-state index is -3.03. The molecule has 1 aliphatic heterocycles. The predicted octanol–water partition coefficient (Wildman–Crippen LogP) is 0.923. The lowest BCUT2D eigenvalue weighted by molar-refractivity contribution is 0.0379. The van der Waals surface area contributed by atoms with Gasteiger partial charge in [0.05, 0.1) is 0 Å². The van der Waals surface area contributed by atoms with Crippen LogP contribution in [0.15, 0.2) is 0 Å². The van der Waals surface area contributed by atoms with Crippen LogP contribution in [0.3, 0.4) is 0 Å². The smallest absolute Gasteiger partial charge is 0.164 e. The van der Waals surface area contributed by atoms with Crippen molar-refractivity contribution in [2.45, 2.75) is 36.6 Å². The molecule has 2 bridgehead atoms. The van der Waals surface area contributed by atoms with E-state index in [9.17, 15) is 8.42 Å². The molecule has 2 aliphatic carbocycles. The third-order valence-corrected chi connectivity index (χ3v) is 8.09. The Balaban J connectivity index is 1.93. The Bertz CT molecular complexity index is 454. The first kappa shape index (κ1) is 14.2. The van der Waals surface area contributed by atoms with E-state index >= 15 is 0 Å². The van der Waals surface area contributed by atoms with Gasteiger partial charge >= 0.3 is 0 Å². The standard InChI is InChI=1S/C13H24N2O2S2/c1-19(16,17)12-8-18-5-4-15(12)13(9-14)7-10-2-3-11(13)6-10/h10-12H,2-9,14H2,1H3. The van der Waals surface area contributed by atoms with Crippen LogP contribution in [0.4, 0.5) is 0 Å². The predicted molar refractivity (Wildman–Crippen MR) is 79.9 cm³/mol. The summed E-state index contributed by atoms with van der Waals surface area (Å²) in [6, 6.07) is 0. The summed E-state index contributed by atoms with van der Waals surface area (Å²) in [6.07, 6.45) is 6.32. The summed E-state index contributed by atoms with van der Waals surface area (Å²) in [5.74, 6) is 3.14. The van der Waals surface area contributed by atoms with Gasteiger partial charge in [0.15, 0.2) is 9.84 Å². The number of fused-ring (bicyclic) bond motifs is 2. The number of nitrogens with zero attached hydrogens (tertiary/aromatic N) is 1. The zero-order valence-electron chi connectivity index (χ0n) is 11.5. The molecule has 3 fully saturated rings. The van der Waals surface area contributed by atoms with E-state index in [1.165, 1.54) is 25.5 Å². The topological polar surface area (TPSA) is 63.4 Å². The summed E-state index contributed by atoms with van der Waals surface area (Å²) in [5, 5.41) is -0.325. The molecule has 4 nitrogen and oxygen atoms in total. The van der Waals surface area contributed by atoms with Gasteiger partial charge < -0.3 is 5.73 Å². The molecule has 19 heavy (non-hydrogen) atoms. The third-order valence-electron chi connectivity index (χ3n) is 5.45. The van der Waals surface area contributed by atoms with E-state index in [0.29, 0.717) is 18.2 Å². The second-order valence-corrected chi connectivity index (χ2v) is 9.79. The molecule has 0 radical (unpaired) electrons. The zero-order chi connectivity index (χ0) is 13.7. The Morgan fingerprint density at radius 3 is 2.74 bits per heavy atom. The van der Waals surface area contributed by atoms with Crippen molar-refractivity contribution in [2.24, 2.45) is 17.6 Å². The van der Waals surface area contributed by atoms with Crippen molar-refractivity contribution in [3.8, 4) is 0 Å². The molecule has 1 saturated heterocycles. The normalized spacial score (nSPS) is 43.8. The number of rotatable bonds is 3. The van der Waals surface area contributed by atoms with Gasteiger partial charge in [-0.3, -0.25) is 4.90 Å². The van der Waals surface area contributed by atoms with Crippen molar-refractivity contribution >= 4 is 21.6 Å². The van der Waals surface area contributed by atoms with E-state index in [4.69, 9.17) is 5.73 Å². The SMILES string of the molecule is CS(=O)(=O)C1CSCCN1C1(CN)CC2CCC1C2. The first-order valence-corrected chi connectivity index (χ1v) is 10.3. The van der Waals surface area contributed by atoms with E-state index in [1.54, 1.807) is 11.8 Å². The van der Waals surface area contributed by atoms with Crippen molar-refractivity contribution < 1.29 is 8.42 Å². The van der Waals surface area contributed by atoms with Gasteiger partial charge in [-0.25, -0.2) is 8.42 Å². The maximum atomic E-state index is 12.1. The van der Waals surface area contributed by atoms with Gasteiger partial charge in [0, 0.05) is 36.4 Å². The largest absolute Gasteiger partial charge is 0.329 e. The van der Waals surface area contributed by atoms with Crippen LogP contribution in [0.5, 0.6) is 0 Å². The molecule has 110 valence electrons. The van der Waals surface area contributed by atoms with Crippen LogP contribution < -0.4 is 5.73 Å². The highest BCUT2D eigenvalue weighted by atomic mass is 32.2. The van der Waals surface area contributed by atoms with Crippen LogP contribution in [0.1, 0.15) is 25.7 Å². The first-order valence-electron chi connectivity index (χ1n) is 7.21. The molecule has 2 saturated carbocycles. The number of hydrogen-bond acceptors (Lipinski definition) is 5. The maximum absolute atomic E-state index is 12.1. The Hall–Kier alpha value is 0.220. The summed E-state index contributed by atoms with van der Waals surface area (Å²) in [7, 11) is -3.03. The number of sulfone groups is 1. The van der Waals surface area contributed by atoms with E-state index in [2.05, 4.69) is 4.90 Å². The van der Waals surface area contributed by atoms with Crippen molar-refractivity contribution in [3.05, 3.63) is 0 Å². The minimum Gasteiger partial charge on any atom is -0.329 e. The van der Waals surface area contributed by atoms with Crippen molar-refractivity contribution in [2.75, 3.05) is 30.9 Å². The van der Waals surface area contributed by atoms with Crippen molar-refractivity contribution in [3.63, 3.8) is 0 Å². The molecule has 0 amide bonds. The van der Waals surface area contributed by atoms with E-state index in [0.717, 1.165) is 24.6 Å². The fourth-order valence-corrected chi connectivity index (χ4v) is 7.51. The van der Waals surface area contributed by atoms with Gasteiger partial charge in [-0.05, 0) is 31.1 Å². The van der Waals surface area contributed by atoms with E-state index in [1.807, 2.05) is 0 Å². The molecule has 0 aromatic heterocycles. The van der Waals surface area contributed by atoms with Gasteiger partial charge in [0.1, 0.15) is 5.37 Å². The van der Waals surface area contributed by atoms with Crippen LogP contribution in [0.25, 0.3) is 0 Å².